The fourth-order valence-electron chi connectivity index (χ4n) is 2.87. The first-order valence-corrected chi connectivity index (χ1v) is 10.7. The smallest absolute Gasteiger partial charge is 0.413 e. The molecule has 0 spiro atoms. The van der Waals surface area contributed by atoms with Crippen LogP contribution in [0.15, 0.2) is 54.6 Å². The largest absolute Gasteiger partial charge is 0.489 e. The summed E-state index contributed by atoms with van der Waals surface area (Å²) in [5.74, 6) is 0.483. The Hall–Kier alpha value is -2.54. The van der Waals surface area contributed by atoms with Gasteiger partial charge in [-0.3, -0.25) is 5.32 Å². The number of hydrogen-bond donors (Lipinski definition) is 1. The predicted molar refractivity (Wildman–Crippen MR) is 131 cm³/mol. The molecule has 0 radical (unpaired) electrons. The number of hydrogen-bond acceptors (Lipinski definition) is 4. The van der Waals surface area contributed by atoms with Crippen molar-refractivity contribution in [3.05, 3.63) is 87.3 Å². The minimum atomic E-state index is -0.613. The van der Waals surface area contributed by atoms with E-state index in [9.17, 15) is 9.18 Å². The van der Waals surface area contributed by atoms with Crippen LogP contribution < -0.4 is 10.1 Å². The summed E-state index contributed by atoms with van der Waals surface area (Å²) in [5, 5.41) is 3.48. The molecule has 0 bridgehead atoms. The Labute approximate surface area is 208 Å². The number of benzene rings is 2. The van der Waals surface area contributed by atoms with Crippen LogP contribution in [-0.2, 0) is 17.8 Å². The summed E-state index contributed by atoms with van der Waals surface area (Å²) in [6, 6.07) is 14.9. The standard InChI is InChI=1S/C24H23Cl2FN2O3.ClH/c1-24(2,3)32-23(30)29-22-6-4-5-19(28-22)12-16-11-17(25)9-10-21(16)31-14-15-7-8-18(26)13-20(15)27;/h4-11,13H,12,14H2,1-3H3,(H,28,29,30);1H. The third-order valence-electron chi connectivity index (χ3n) is 4.23. The van der Waals surface area contributed by atoms with Gasteiger partial charge >= 0.3 is 6.09 Å². The van der Waals surface area contributed by atoms with Crippen LogP contribution in [0.3, 0.4) is 0 Å². The van der Waals surface area contributed by atoms with Gasteiger partial charge in [-0.05, 0) is 63.2 Å². The van der Waals surface area contributed by atoms with Crippen LogP contribution in [0.4, 0.5) is 15.0 Å². The Bertz CT molecular complexity index is 1120. The van der Waals surface area contributed by atoms with E-state index in [1.54, 1.807) is 63.2 Å². The first-order valence-electron chi connectivity index (χ1n) is 9.90. The maximum atomic E-state index is 14.1. The lowest BCUT2D eigenvalue weighted by Crippen LogP contribution is -2.27. The van der Waals surface area contributed by atoms with Crippen molar-refractivity contribution in [1.82, 2.24) is 4.98 Å². The predicted octanol–water partition coefficient (Wildman–Crippen LogP) is 7.47. The lowest BCUT2D eigenvalue weighted by atomic mass is 10.1. The molecule has 1 aromatic heterocycles. The molecule has 0 unspecified atom stereocenters. The van der Waals surface area contributed by atoms with Gasteiger partial charge in [0.05, 0.1) is 0 Å². The second kappa shape index (κ2) is 11.5. The van der Waals surface area contributed by atoms with Gasteiger partial charge in [-0.2, -0.15) is 0 Å². The monoisotopic (exact) mass is 512 g/mol. The van der Waals surface area contributed by atoms with Crippen LogP contribution in [0.25, 0.3) is 0 Å². The number of ether oxygens (including phenoxy) is 2. The number of anilines is 1. The lowest BCUT2D eigenvalue weighted by molar-refractivity contribution is 0.0635. The number of carbonyl (C=O) groups excluding carboxylic acids is 1. The molecule has 33 heavy (non-hydrogen) atoms. The van der Waals surface area contributed by atoms with E-state index < -0.39 is 17.5 Å². The van der Waals surface area contributed by atoms with Gasteiger partial charge in [-0.1, -0.05) is 35.3 Å². The number of carbonyl (C=O) groups is 1. The summed E-state index contributed by atoms with van der Waals surface area (Å²) in [4.78, 5) is 16.5. The Kier molecular flexibility index (Phi) is 9.35. The maximum Gasteiger partial charge on any atom is 0.413 e. The Morgan fingerprint density at radius 2 is 1.73 bits per heavy atom. The van der Waals surface area contributed by atoms with Crippen LogP contribution in [0.5, 0.6) is 5.75 Å². The quantitative estimate of drug-likeness (QED) is 0.371. The van der Waals surface area contributed by atoms with Crippen molar-refractivity contribution in [2.45, 2.75) is 39.4 Å². The zero-order valence-electron chi connectivity index (χ0n) is 18.3. The molecule has 0 atom stereocenters. The molecule has 3 aromatic rings. The third kappa shape index (κ3) is 8.39. The van der Waals surface area contributed by atoms with Crippen LogP contribution in [-0.4, -0.2) is 16.7 Å². The number of amides is 1. The van der Waals surface area contributed by atoms with E-state index in [2.05, 4.69) is 10.3 Å². The fourth-order valence-corrected chi connectivity index (χ4v) is 3.23. The number of nitrogens with zero attached hydrogens (tertiary/aromatic N) is 1. The Balaban J connectivity index is 0.00000385. The molecule has 176 valence electrons. The summed E-state index contributed by atoms with van der Waals surface area (Å²) < 4.78 is 25.2. The SMILES string of the molecule is CC(C)(C)OC(=O)Nc1cccc(Cc2cc(Cl)ccc2OCc2ccc(Cl)cc2F)n1.Cl. The normalized spacial score (nSPS) is 10.8. The Morgan fingerprint density at radius 3 is 2.42 bits per heavy atom. The van der Waals surface area contributed by atoms with E-state index in [4.69, 9.17) is 32.7 Å². The highest BCUT2D eigenvalue weighted by atomic mass is 35.5. The van der Waals surface area contributed by atoms with Crippen molar-refractivity contribution in [3.8, 4) is 5.75 Å². The maximum absolute atomic E-state index is 14.1. The zero-order valence-corrected chi connectivity index (χ0v) is 20.7. The third-order valence-corrected chi connectivity index (χ3v) is 4.70. The van der Waals surface area contributed by atoms with Crippen LogP contribution in [0, 0.1) is 5.82 Å². The number of nitrogens with one attached hydrogen (secondary N) is 1. The average Bonchev–Trinajstić information content (AvgIpc) is 2.67. The molecule has 0 aliphatic heterocycles. The molecule has 0 saturated carbocycles. The van der Waals surface area contributed by atoms with Gasteiger partial charge in [-0.15, -0.1) is 12.4 Å². The van der Waals surface area contributed by atoms with Gasteiger partial charge in [0, 0.05) is 33.3 Å². The van der Waals surface area contributed by atoms with Crippen molar-refractivity contribution in [2.24, 2.45) is 0 Å². The van der Waals surface area contributed by atoms with Gasteiger partial charge in [0.25, 0.3) is 0 Å². The summed E-state index contributed by atoms with van der Waals surface area (Å²) in [6.45, 7) is 5.39. The van der Waals surface area contributed by atoms with Crippen LogP contribution in [0.2, 0.25) is 10.0 Å². The minimum absolute atomic E-state index is 0. The number of halogens is 4. The van der Waals surface area contributed by atoms with E-state index in [0.29, 0.717) is 39.3 Å². The fraction of sp³-hybridized carbons (Fsp3) is 0.250. The average molecular weight is 514 g/mol. The van der Waals surface area contributed by atoms with Crippen LogP contribution >= 0.6 is 35.6 Å². The topological polar surface area (TPSA) is 60.5 Å². The van der Waals surface area contributed by atoms with Gasteiger partial charge in [0.2, 0.25) is 0 Å². The van der Waals surface area contributed by atoms with Crippen molar-refractivity contribution >= 4 is 47.5 Å². The molecule has 1 amide bonds. The molecule has 3 rings (SSSR count). The van der Waals surface area contributed by atoms with E-state index in [-0.39, 0.29) is 19.0 Å². The molecule has 5 nitrogen and oxygen atoms in total. The minimum Gasteiger partial charge on any atom is -0.489 e. The molecule has 0 aliphatic carbocycles. The molecule has 0 aliphatic rings. The molecule has 2 aromatic carbocycles. The second-order valence-electron chi connectivity index (χ2n) is 8.09. The molecule has 9 heteroatoms. The van der Waals surface area contributed by atoms with E-state index in [1.165, 1.54) is 6.07 Å². The van der Waals surface area contributed by atoms with Crippen molar-refractivity contribution < 1.29 is 18.7 Å². The van der Waals surface area contributed by atoms with Gasteiger partial charge in [0.15, 0.2) is 0 Å². The van der Waals surface area contributed by atoms with Gasteiger partial charge in [0.1, 0.15) is 29.6 Å². The van der Waals surface area contributed by atoms with Crippen molar-refractivity contribution in [1.29, 1.82) is 0 Å². The molecule has 1 N–H and O–H groups in total. The highest BCUT2D eigenvalue weighted by Gasteiger charge is 2.17. The molecule has 0 fully saturated rings. The van der Waals surface area contributed by atoms with Crippen molar-refractivity contribution in [3.63, 3.8) is 0 Å². The number of rotatable bonds is 6. The number of pyridine rings is 1. The molecular weight excluding hydrogens is 490 g/mol. The van der Waals surface area contributed by atoms with Gasteiger partial charge in [-0.25, -0.2) is 14.2 Å². The molecule has 1 heterocycles. The van der Waals surface area contributed by atoms with E-state index in [1.807, 2.05) is 6.07 Å². The lowest BCUT2D eigenvalue weighted by Gasteiger charge is -2.19. The molecule has 0 saturated heterocycles. The van der Waals surface area contributed by atoms with E-state index >= 15 is 0 Å². The first kappa shape index (κ1) is 26.7. The zero-order chi connectivity index (χ0) is 23.3. The number of aromatic nitrogens is 1. The highest BCUT2D eigenvalue weighted by molar-refractivity contribution is 6.30. The van der Waals surface area contributed by atoms with E-state index in [0.717, 1.165) is 5.56 Å². The molecular formula is C24H24Cl3FN2O3. The first-order chi connectivity index (χ1) is 15.1. The highest BCUT2D eigenvalue weighted by Crippen LogP contribution is 2.27. The van der Waals surface area contributed by atoms with Gasteiger partial charge < -0.3 is 9.47 Å². The summed E-state index contributed by atoms with van der Waals surface area (Å²) >= 11 is 12.0. The summed E-state index contributed by atoms with van der Waals surface area (Å²) in [6.07, 6.45) is -0.193. The second-order valence-corrected chi connectivity index (χ2v) is 8.97. The van der Waals surface area contributed by atoms with Crippen molar-refractivity contribution in [2.75, 3.05) is 5.32 Å². The summed E-state index contributed by atoms with van der Waals surface area (Å²) in [5.41, 5.74) is 1.23. The van der Waals surface area contributed by atoms with Crippen LogP contribution in [0.1, 0.15) is 37.6 Å². The Morgan fingerprint density at radius 1 is 1.03 bits per heavy atom. The summed E-state index contributed by atoms with van der Waals surface area (Å²) in [7, 11) is 0.